The van der Waals surface area contributed by atoms with Crippen molar-refractivity contribution < 1.29 is 9.18 Å². The van der Waals surface area contributed by atoms with Crippen LogP contribution in [0.3, 0.4) is 0 Å². The maximum absolute atomic E-state index is 13.5. The van der Waals surface area contributed by atoms with E-state index < -0.39 is 5.82 Å². The topological polar surface area (TPSA) is 42.9 Å². The number of benzene rings is 1. The number of rotatable bonds is 3. The average Bonchev–Trinajstić information content (AvgIpc) is 2.34. The summed E-state index contributed by atoms with van der Waals surface area (Å²) in [5.41, 5.74) is 0.652. The van der Waals surface area contributed by atoms with E-state index in [9.17, 15) is 9.18 Å². The van der Waals surface area contributed by atoms with Crippen LogP contribution in [0.1, 0.15) is 16.1 Å². The number of ketones is 1. The summed E-state index contributed by atoms with van der Waals surface area (Å²) in [6.45, 7) is 0. The third-order valence-corrected chi connectivity index (χ3v) is 2.73. The largest absolute Gasteiger partial charge is 0.292 e. The van der Waals surface area contributed by atoms with Crippen molar-refractivity contribution >= 4 is 21.7 Å². The molecule has 3 nitrogen and oxygen atoms in total. The van der Waals surface area contributed by atoms with Crippen LogP contribution in [0.25, 0.3) is 0 Å². The Morgan fingerprint density at radius 2 is 2.18 bits per heavy atom. The van der Waals surface area contributed by atoms with Gasteiger partial charge in [0.05, 0.1) is 0 Å². The first-order valence-electron chi connectivity index (χ1n) is 4.90. The van der Waals surface area contributed by atoms with E-state index in [1.165, 1.54) is 24.7 Å². The van der Waals surface area contributed by atoms with Crippen LogP contribution < -0.4 is 0 Å². The fraction of sp³-hybridized carbons (Fsp3) is 0.0833. The minimum Gasteiger partial charge on any atom is -0.292 e. The minimum atomic E-state index is -0.401. The maximum Gasteiger partial charge on any atom is 0.185 e. The molecule has 0 unspecified atom stereocenters. The summed E-state index contributed by atoms with van der Waals surface area (Å²) >= 11 is 3.16. The summed E-state index contributed by atoms with van der Waals surface area (Å²) in [6, 6.07) is 6.13. The lowest BCUT2D eigenvalue weighted by Gasteiger charge is -2.02. The van der Waals surface area contributed by atoms with Crippen LogP contribution in [-0.2, 0) is 6.42 Å². The molecule has 0 aliphatic heterocycles. The lowest BCUT2D eigenvalue weighted by molar-refractivity contribution is 0.0987. The molecule has 0 spiro atoms. The summed E-state index contributed by atoms with van der Waals surface area (Å²) < 4.78 is 14.2. The summed E-state index contributed by atoms with van der Waals surface area (Å²) in [6.07, 6.45) is 2.78. The quantitative estimate of drug-likeness (QED) is 0.818. The van der Waals surface area contributed by atoms with Crippen LogP contribution >= 0.6 is 15.9 Å². The van der Waals surface area contributed by atoms with Crippen LogP contribution in [0, 0.1) is 5.82 Å². The van der Waals surface area contributed by atoms with Crippen LogP contribution in [0.4, 0.5) is 4.39 Å². The third-order valence-electron chi connectivity index (χ3n) is 2.23. The van der Waals surface area contributed by atoms with Crippen molar-refractivity contribution in [2.45, 2.75) is 6.42 Å². The fourth-order valence-electron chi connectivity index (χ4n) is 1.38. The van der Waals surface area contributed by atoms with Gasteiger partial charge in [-0.15, -0.1) is 0 Å². The average molecular weight is 295 g/mol. The molecule has 1 aromatic carbocycles. The monoisotopic (exact) mass is 294 g/mol. The van der Waals surface area contributed by atoms with Gasteiger partial charge in [-0.1, -0.05) is 22.0 Å². The number of hydrogen-bond donors (Lipinski definition) is 0. The summed E-state index contributed by atoms with van der Waals surface area (Å²) in [5.74, 6) is -0.629. The lowest BCUT2D eigenvalue weighted by Crippen LogP contribution is -2.07. The fourth-order valence-corrected chi connectivity index (χ4v) is 1.72. The highest BCUT2D eigenvalue weighted by Crippen LogP contribution is 2.16. The lowest BCUT2D eigenvalue weighted by atomic mass is 10.1. The van der Waals surface area contributed by atoms with Gasteiger partial charge in [0.2, 0.25) is 0 Å². The van der Waals surface area contributed by atoms with E-state index in [0.717, 1.165) is 0 Å². The molecule has 0 atom stereocenters. The Morgan fingerprint density at radius 1 is 1.35 bits per heavy atom. The van der Waals surface area contributed by atoms with Crippen LogP contribution in [0.5, 0.6) is 0 Å². The predicted molar refractivity (Wildman–Crippen MR) is 64.2 cm³/mol. The first-order chi connectivity index (χ1) is 8.16. The molecule has 0 aliphatic carbocycles. The molecule has 2 aromatic rings. The Labute approximate surface area is 106 Å². The Hall–Kier alpha value is -1.62. The van der Waals surface area contributed by atoms with Crippen molar-refractivity contribution in [3.8, 4) is 0 Å². The van der Waals surface area contributed by atoms with Gasteiger partial charge in [0.15, 0.2) is 5.78 Å². The molecular weight excluding hydrogens is 287 g/mol. The highest BCUT2D eigenvalue weighted by atomic mass is 79.9. The molecule has 0 amide bonds. The van der Waals surface area contributed by atoms with Crippen LogP contribution in [0.2, 0.25) is 0 Å². The molecule has 0 radical (unpaired) electrons. The Morgan fingerprint density at radius 3 is 2.82 bits per heavy atom. The van der Waals surface area contributed by atoms with Gasteiger partial charge in [-0.05, 0) is 23.8 Å². The first kappa shape index (κ1) is 11.9. The van der Waals surface area contributed by atoms with Crippen molar-refractivity contribution in [1.82, 2.24) is 9.97 Å². The first-order valence-corrected chi connectivity index (χ1v) is 5.69. The number of nitrogens with zero attached hydrogens (tertiary/aromatic N) is 2. The number of aromatic nitrogens is 2. The molecule has 1 aromatic heterocycles. The molecule has 17 heavy (non-hydrogen) atoms. The Kier molecular flexibility index (Phi) is 3.58. The van der Waals surface area contributed by atoms with E-state index in [2.05, 4.69) is 25.9 Å². The van der Waals surface area contributed by atoms with Gasteiger partial charge in [-0.3, -0.25) is 4.79 Å². The molecule has 86 valence electrons. The molecule has 0 aliphatic rings. The number of carbonyl (C=O) groups is 1. The van der Waals surface area contributed by atoms with Gasteiger partial charge in [-0.25, -0.2) is 14.4 Å². The van der Waals surface area contributed by atoms with E-state index in [4.69, 9.17) is 0 Å². The molecule has 0 saturated heterocycles. The molecule has 0 N–H and O–H groups in total. The van der Waals surface area contributed by atoms with E-state index in [1.54, 1.807) is 12.1 Å². The molecule has 1 heterocycles. The Balaban J connectivity index is 2.19. The van der Waals surface area contributed by atoms with E-state index in [1.807, 2.05) is 0 Å². The number of halogens is 2. The number of Topliss-reactive ketones (excluding diaryl/α,β-unsaturated/α-hetero) is 1. The van der Waals surface area contributed by atoms with E-state index in [-0.39, 0.29) is 12.2 Å². The molecule has 0 fully saturated rings. The highest BCUT2D eigenvalue weighted by molar-refractivity contribution is 9.10. The highest BCUT2D eigenvalue weighted by Gasteiger charge is 2.11. The van der Waals surface area contributed by atoms with Crippen molar-refractivity contribution in [3.63, 3.8) is 0 Å². The van der Waals surface area contributed by atoms with Crippen LogP contribution in [0.15, 0.2) is 41.3 Å². The predicted octanol–water partition coefficient (Wildman–Crippen LogP) is 2.80. The molecule has 0 bridgehead atoms. The second-order valence-electron chi connectivity index (χ2n) is 3.43. The maximum atomic E-state index is 13.5. The van der Waals surface area contributed by atoms with Crippen molar-refractivity contribution in [2.24, 2.45) is 0 Å². The van der Waals surface area contributed by atoms with Crippen molar-refractivity contribution in [1.29, 1.82) is 0 Å². The molecule has 5 heteroatoms. The van der Waals surface area contributed by atoms with Gasteiger partial charge >= 0.3 is 0 Å². The number of carbonyl (C=O) groups excluding carboxylic acids is 1. The SMILES string of the molecule is O=C(Cc1ccc(Br)cc1F)c1ccncn1. The second kappa shape index (κ2) is 5.14. The van der Waals surface area contributed by atoms with Gasteiger partial charge < -0.3 is 0 Å². The molecule has 0 saturated carbocycles. The third kappa shape index (κ3) is 2.94. The Bertz CT molecular complexity index is 545. The zero-order valence-corrected chi connectivity index (χ0v) is 10.3. The summed E-state index contributed by atoms with van der Waals surface area (Å²) in [5, 5.41) is 0. The minimum absolute atomic E-state index is 0.00384. The second-order valence-corrected chi connectivity index (χ2v) is 4.35. The van der Waals surface area contributed by atoms with Gasteiger partial charge in [0.25, 0.3) is 0 Å². The standard InChI is InChI=1S/C12H8BrFN2O/c13-9-2-1-8(10(14)6-9)5-12(17)11-3-4-15-7-16-11/h1-4,6-7H,5H2. The molecular formula is C12H8BrFN2O. The van der Waals surface area contributed by atoms with Crippen molar-refractivity contribution in [2.75, 3.05) is 0 Å². The molecule has 2 rings (SSSR count). The van der Waals surface area contributed by atoms with Crippen molar-refractivity contribution in [3.05, 3.63) is 58.3 Å². The van der Waals surface area contributed by atoms with Gasteiger partial charge in [0.1, 0.15) is 17.8 Å². The van der Waals surface area contributed by atoms with Gasteiger partial charge in [-0.2, -0.15) is 0 Å². The normalized spacial score (nSPS) is 10.2. The zero-order chi connectivity index (χ0) is 12.3. The summed E-state index contributed by atoms with van der Waals surface area (Å²) in [4.78, 5) is 19.3. The van der Waals surface area contributed by atoms with E-state index >= 15 is 0 Å². The zero-order valence-electron chi connectivity index (χ0n) is 8.73. The summed E-state index contributed by atoms with van der Waals surface area (Å²) in [7, 11) is 0. The number of hydrogen-bond acceptors (Lipinski definition) is 3. The van der Waals surface area contributed by atoms with Crippen LogP contribution in [-0.4, -0.2) is 15.8 Å². The smallest absolute Gasteiger partial charge is 0.185 e. The van der Waals surface area contributed by atoms with E-state index in [0.29, 0.717) is 15.7 Å². The van der Waals surface area contributed by atoms with Gasteiger partial charge in [0, 0.05) is 17.1 Å².